The molecule has 0 saturated heterocycles. The second kappa shape index (κ2) is 10.1. The van der Waals surface area contributed by atoms with E-state index in [1.54, 1.807) is 0 Å². The van der Waals surface area contributed by atoms with Crippen LogP contribution in [0, 0.1) is 0 Å². The van der Waals surface area contributed by atoms with E-state index >= 15 is 0 Å². The van der Waals surface area contributed by atoms with Gasteiger partial charge in [-0.2, -0.15) is 18.2 Å². The summed E-state index contributed by atoms with van der Waals surface area (Å²) in [5, 5.41) is 2.63. The van der Waals surface area contributed by atoms with Crippen LogP contribution in [0.25, 0.3) is 16.5 Å². The van der Waals surface area contributed by atoms with E-state index in [1.807, 2.05) is 30.3 Å². The zero-order chi connectivity index (χ0) is 15.6. The van der Waals surface area contributed by atoms with E-state index in [4.69, 9.17) is 18.6 Å². The molecule has 1 aromatic heterocycles. The van der Waals surface area contributed by atoms with Crippen LogP contribution >= 0.6 is 26.8 Å². The molecule has 1 nitrogen and oxygen atoms in total. The number of nitrogens with zero attached hydrogens (tertiary/aromatic N) is 1. The van der Waals surface area contributed by atoms with Gasteiger partial charge in [0.1, 0.15) is 0 Å². The Bertz CT molecular complexity index is 698. The van der Waals surface area contributed by atoms with Crippen LogP contribution in [0.15, 0.2) is 84.7 Å². The van der Waals surface area contributed by atoms with Crippen LogP contribution in [0.5, 0.6) is 0 Å². The molecule has 0 spiro atoms. The van der Waals surface area contributed by atoms with Crippen molar-refractivity contribution in [3.05, 3.63) is 84.7 Å². The van der Waals surface area contributed by atoms with Crippen LogP contribution in [0.4, 0.5) is 0 Å². The van der Waals surface area contributed by atoms with Crippen molar-refractivity contribution in [3.8, 4) is 5.69 Å². The van der Waals surface area contributed by atoms with Crippen LogP contribution in [0.2, 0.25) is 0 Å². The topological polar surface area (TPSA) is 4.93 Å². The maximum Gasteiger partial charge on any atom is 0.0344 e. The first-order chi connectivity index (χ1) is 10.8. The fraction of sp³-hybridized carbons (Fsp3) is 0. The summed E-state index contributed by atoms with van der Waals surface area (Å²) in [6, 6.07) is 22.9. The van der Waals surface area contributed by atoms with Gasteiger partial charge in [-0.25, -0.2) is 12.1 Å². The van der Waals surface area contributed by atoms with Gasteiger partial charge in [0, 0.05) is 12.1 Å². The van der Waals surface area contributed by atoms with Gasteiger partial charge in [0.15, 0.2) is 0 Å². The molecule has 5 heteroatoms. The first kappa shape index (κ1) is 17.5. The Labute approximate surface area is 149 Å². The van der Waals surface area contributed by atoms with Gasteiger partial charge in [0.2, 0.25) is 0 Å². The maximum atomic E-state index is 4.89. The van der Waals surface area contributed by atoms with E-state index in [2.05, 4.69) is 58.9 Å². The molecule has 3 aromatic carbocycles. The molecule has 0 aliphatic heterocycles. The fourth-order valence-corrected chi connectivity index (χ4v) is 2.67. The van der Waals surface area contributed by atoms with Crippen molar-refractivity contribution in [1.29, 1.82) is 0 Å². The summed E-state index contributed by atoms with van der Waals surface area (Å²) in [4.78, 5) is 0. The minimum Gasteiger partial charge on any atom is -0.338 e. The number of benzene rings is 1. The van der Waals surface area contributed by atoms with Crippen molar-refractivity contribution >= 4 is 37.6 Å². The molecular weight excluding hydrogens is 368 g/mol. The molecule has 4 aromatic rings. The molecule has 22 heavy (non-hydrogen) atoms. The summed E-state index contributed by atoms with van der Waals surface area (Å²) in [6.07, 6.45) is 2.11. The van der Waals surface area contributed by atoms with Gasteiger partial charge >= 0.3 is 35.6 Å². The molecule has 4 rings (SSSR count). The summed E-state index contributed by atoms with van der Waals surface area (Å²) in [7, 11) is 11.0. The van der Waals surface area contributed by atoms with Crippen molar-refractivity contribution in [2.45, 2.75) is 0 Å². The molecule has 0 N–H and O–H groups in total. The number of aromatic nitrogens is 1. The van der Waals surface area contributed by atoms with Crippen molar-refractivity contribution in [1.82, 2.24) is 4.57 Å². The number of hydrogen-bond donors (Lipinski definition) is 0. The van der Waals surface area contributed by atoms with Crippen LogP contribution in [0.3, 0.4) is 0 Å². The Morgan fingerprint density at radius 2 is 1.77 bits per heavy atom. The Kier molecular flexibility index (Phi) is 8.01. The molecular formula is C17H14Cl2NPTi-2. The Morgan fingerprint density at radius 1 is 1.05 bits per heavy atom. The van der Waals surface area contributed by atoms with Gasteiger partial charge in [0.05, 0.1) is 0 Å². The summed E-state index contributed by atoms with van der Waals surface area (Å²) >= 11 is -0.556. The van der Waals surface area contributed by atoms with Gasteiger partial charge in [-0.05, 0) is 11.5 Å². The van der Waals surface area contributed by atoms with E-state index in [0.717, 1.165) is 0 Å². The largest absolute Gasteiger partial charge is 0.338 e. The smallest absolute Gasteiger partial charge is 0.0344 e. The number of fused-ring (bicyclic) bond motifs is 1. The summed E-state index contributed by atoms with van der Waals surface area (Å²) in [5.74, 6) is 4.30. The first-order valence-corrected chi connectivity index (χ1v) is 11.9. The molecule has 0 radical (unpaired) electrons. The molecule has 0 atom stereocenters. The summed E-state index contributed by atoms with van der Waals surface area (Å²) in [5.41, 5.74) is 1.26. The Balaban J connectivity index is 0.000000184. The molecule has 1 heterocycles. The molecule has 0 fully saturated rings. The monoisotopic (exact) mass is 381 g/mol. The van der Waals surface area contributed by atoms with Crippen LogP contribution in [0.1, 0.15) is 0 Å². The van der Waals surface area contributed by atoms with E-state index in [0.29, 0.717) is 0 Å². The minimum atomic E-state index is -0.556. The van der Waals surface area contributed by atoms with Crippen molar-refractivity contribution < 1.29 is 17.0 Å². The summed E-state index contributed by atoms with van der Waals surface area (Å²) in [6.45, 7) is 0. The Morgan fingerprint density at radius 3 is 2.32 bits per heavy atom. The number of hydrogen-bond acceptors (Lipinski definition) is 0. The predicted octanol–water partition coefficient (Wildman–Crippen LogP) is 6.71. The SMILES string of the molecule is [Cl][Ti][Cl].c1cc[cH-]c1.c1ccc2[cH-]c(-n3ccpc3)cc2c1. The third-order valence-corrected chi connectivity index (χ3v) is 3.65. The Hall–Kier alpha value is -0.816. The zero-order valence-electron chi connectivity index (χ0n) is 11.7. The maximum absolute atomic E-state index is 4.89. The fourth-order valence-electron chi connectivity index (χ4n) is 2.02. The third-order valence-electron chi connectivity index (χ3n) is 2.96. The number of rotatable bonds is 1. The van der Waals surface area contributed by atoms with Gasteiger partial charge in [0.25, 0.3) is 0 Å². The van der Waals surface area contributed by atoms with Crippen LogP contribution in [-0.2, 0) is 17.0 Å². The second-order valence-corrected chi connectivity index (χ2v) is 7.75. The molecule has 0 bridgehead atoms. The molecule has 0 amide bonds. The molecule has 0 unspecified atom stereocenters. The predicted molar refractivity (Wildman–Crippen MR) is 95.1 cm³/mol. The quantitative estimate of drug-likeness (QED) is 0.255. The zero-order valence-corrected chi connectivity index (χ0v) is 15.7. The van der Waals surface area contributed by atoms with Gasteiger partial charge < -0.3 is 4.57 Å². The number of halogens is 2. The molecule has 0 aliphatic carbocycles. The van der Waals surface area contributed by atoms with Crippen molar-refractivity contribution in [2.24, 2.45) is 0 Å². The molecule has 0 aliphatic rings. The van der Waals surface area contributed by atoms with Gasteiger partial charge in [-0.1, -0.05) is 14.3 Å². The average Bonchev–Trinajstić information content (AvgIpc) is 3.29. The molecule has 112 valence electrons. The third kappa shape index (κ3) is 5.43. The van der Waals surface area contributed by atoms with Crippen molar-refractivity contribution in [2.75, 3.05) is 0 Å². The second-order valence-electron chi connectivity index (χ2n) is 4.35. The van der Waals surface area contributed by atoms with Gasteiger partial charge in [-0.3, -0.25) is 0 Å². The van der Waals surface area contributed by atoms with E-state index in [-0.39, 0.29) is 0 Å². The van der Waals surface area contributed by atoms with Crippen molar-refractivity contribution in [3.63, 3.8) is 0 Å². The minimum absolute atomic E-state index is 0.556. The van der Waals surface area contributed by atoms with E-state index in [1.165, 1.54) is 24.7 Å². The first-order valence-electron chi connectivity index (χ1n) is 6.62. The van der Waals surface area contributed by atoms with E-state index < -0.39 is 17.0 Å². The van der Waals surface area contributed by atoms with Gasteiger partial charge in [-0.15, -0.1) is 41.1 Å². The normalized spacial score (nSPS) is 9.73. The summed E-state index contributed by atoms with van der Waals surface area (Å²) < 4.78 is 2.17. The van der Waals surface area contributed by atoms with Crippen LogP contribution in [-0.4, -0.2) is 4.57 Å². The molecule has 0 saturated carbocycles. The average molecular weight is 382 g/mol. The standard InChI is InChI=1S/C12H9NP.C5H5.2ClH.Ti/c1-2-4-11-8-12(7-10(11)3-1)13-5-6-14-9-13;1-2-4-5-3-1;;;/h1-9H;1-5H;2*1H;/q2*-1;;;+2/p-2. The van der Waals surface area contributed by atoms with Crippen LogP contribution < -0.4 is 0 Å². The van der Waals surface area contributed by atoms with E-state index in [9.17, 15) is 0 Å².